The molecule has 168 valence electrons. The fourth-order valence-corrected chi connectivity index (χ4v) is 3.73. The summed E-state index contributed by atoms with van der Waals surface area (Å²) in [7, 11) is 0. The number of aromatic nitrogens is 3. The molecule has 6 nitrogen and oxygen atoms in total. The Morgan fingerprint density at radius 2 is 1.82 bits per heavy atom. The maximum atomic E-state index is 15.1. The van der Waals surface area contributed by atoms with Crippen molar-refractivity contribution in [2.75, 3.05) is 0 Å². The van der Waals surface area contributed by atoms with E-state index in [2.05, 4.69) is 10.1 Å². The van der Waals surface area contributed by atoms with Crippen molar-refractivity contribution in [3.05, 3.63) is 81.8 Å². The number of alkyl halides is 3. The van der Waals surface area contributed by atoms with Crippen LogP contribution in [-0.2, 0) is 6.18 Å². The molecule has 0 amide bonds. The van der Waals surface area contributed by atoms with Gasteiger partial charge >= 0.3 is 12.1 Å². The van der Waals surface area contributed by atoms with Crippen molar-refractivity contribution in [1.82, 2.24) is 14.8 Å². The van der Waals surface area contributed by atoms with Crippen LogP contribution in [0.15, 0.2) is 48.7 Å². The van der Waals surface area contributed by atoms with Gasteiger partial charge in [0.05, 0.1) is 27.2 Å². The van der Waals surface area contributed by atoms with Crippen molar-refractivity contribution in [2.24, 2.45) is 0 Å². The quantitative estimate of drug-likeness (QED) is 0.388. The van der Waals surface area contributed by atoms with Crippen molar-refractivity contribution < 1.29 is 32.3 Å². The van der Waals surface area contributed by atoms with Crippen LogP contribution in [0, 0.1) is 12.7 Å². The topological polar surface area (TPSA) is 85.1 Å². The molecule has 2 aromatic heterocycles. The maximum Gasteiger partial charge on any atom is 0.417 e. The molecule has 0 aliphatic rings. The van der Waals surface area contributed by atoms with Crippen LogP contribution in [0.1, 0.15) is 31.8 Å². The van der Waals surface area contributed by atoms with Crippen LogP contribution in [0.5, 0.6) is 0 Å². The monoisotopic (exact) mass is 477 g/mol. The number of carboxylic acid groups (broad SMARTS) is 1. The molecule has 11 heteroatoms. The molecule has 0 spiro atoms. The van der Waals surface area contributed by atoms with Gasteiger partial charge in [-0.25, -0.2) is 9.18 Å². The average molecular weight is 478 g/mol. The number of pyridine rings is 1. The SMILES string of the molecule is Cc1c(C(=O)O)ccc(-c2nn(C(=O)c3c(Cl)cccc3C(F)(F)F)c3cccnc23)c1F. The fourth-order valence-electron chi connectivity index (χ4n) is 3.47. The van der Waals surface area contributed by atoms with Gasteiger partial charge in [-0.15, -0.1) is 0 Å². The van der Waals surface area contributed by atoms with E-state index in [-0.39, 0.29) is 33.4 Å². The van der Waals surface area contributed by atoms with E-state index in [1.54, 1.807) is 0 Å². The van der Waals surface area contributed by atoms with Crippen molar-refractivity contribution in [2.45, 2.75) is 13.1 Å². The minimum absolute atomic E-state index is 0.0184. The first kappa shape index (κ1) is 22.4. The molecule has 2 heterocycles. The van der Waals surface area contributed by atoms with E-state index in [1.165, 1.54) is 31.3 Å². The molecule has 0 unspecified atom stereocenters. The molecule has 1 N–H and O–H groups in total. The second-order valence-electron chi connectivity index (χ2n) is 7.00. The van der Waals surface area contributed by atoms with Gasteiger partial charge in [0.25, 0.3) is 5.91 Å². The summed E-state index contributed by atoms with van der Waals surface area (Å²) in [5, 5.41) is 12.8. The molecule has 0 fully saturated rings. The van der Waals surface area contributed by atoms with Gasteiger partial charge in [0, 0.05) is 11.8 Å². The zero-order chi connectivity index (χ0) is 24.1. The number of nitrogens with zero attached hydrogens (tertiary/aromatic N) is 3. The van der Waals surface area contributed by atoms with Crippen LogP contribution in [-0.4, -0.2) is 31.7 Å². The average Bonchev–Trinajstić information content (AvgIpc) is 3.13. The first-order valence-corrected chi connectivity index (χ1v) is 9.67. The number of hydrogen-bond acceptors (Lipinski definition) is 4. The second kappa shape index (κ2) is 7.96. The highest BCUT2D eigenvalue weighted by Crippen LogP contribution is 2.37. The molecule has 0 radical (unpaired) electrons. The van der Waals surface area contributed by atoms with Gasteiger partial charge in [0.15, 0.2) is 0 Å². The maximum absolute atomic E-state index is 15.1. The predicted molar refractivity (Wildman–Crippen MR) is 111 cm³/mol. The number of carbonyl (C=O) groups is 2. The van der Waals surface area contributed by atoms with Crippen LogP contribution >= 0.6 is 11.6 Å². The molecule has 4 rings (SSSR count). The zero-order valence-corrected chi connectivity index (χ0v) is 17.4. The minimum atomic E-state index is -4.87. The third-order valence-electron chi connectivity index (χ3n) is 5.04. The van der Waals surface area contributed by atoms with E-state index in [4.69, 9.17) is 11.6 Å². The van der Waals surface area contributed by atoms with Gasteiger partial charge in [-0.1, -0.05) is 17.7 Å². The molecule has 33 heavy (non-hydrogen) atoms. The van der Waals surface area contributed by atoms with E-state index in [0.29, 0.717) is 4.68 Å². The molecular weight excluding hydrogens is 466 g/mol. The van der Waals surface area contributed by atoms with E-state index in [9.17, 15) is 27.9 Å². The number of hydrogen-bond donors (Lipinski definition) is 1. The summed E-state index contributed by atoms with van der Waals surface area (Å²) >= 11 is 5.96. The first-order valence-electron chi connectivity index (χ1n) is 9.29. The van der Waals surface area contributed by atoms with E-state index < -0.39 is 40.0 Å². The molecule has 4 aromatic rings. The summed E-state index contributed by atoms with van der Waals surface area (Å²) < 4.78 is 56.3. The Hall–Kier alpha value is -3.79. The lowest BCUT2D eigenvalue weighted by Gasteiger charge is -2.13. The van der Waals surface area contributed by atoms with Crippen molar-refractivity contribution in [3.8, 4) is 11.3 Å². The van der Waals surface area contributed by atoms with Gasteiger partial charge in [-0.2, -0.15) is 23.0 Å². The van der Waals surface area contributed by atoms with Crippen molar-refractivity contribution in [3.63, 3.8) is 0 Å². The minimum Gasteiger partial charge on any atom is -0.478 e. The smallest absolute Gasteiger partial charge is 0.417 e. The third-order valence-corrected chi connectivity index (χ3v) is 5.35. The highest BCUT2D eigenvalue weighted by molar-refractivity contribution is 6.34. The molecule has 0 aliphatic carbocycles. The summed E-state index contributed by atoms with van der Waals surface area (Å²) in [5.74, 6) is -3.43. The normalized spacial score (nSPS) is 11.7. The first-order chi connectivity index (χ1) is 15.5. The predicted octanol–water partition coefficient (Wildman–Crippen LogP) is 5.60. The van der Waals surface area contributed by atoms with Gasteiger partial charge < -0.3 is 5.11 Å². The molecule has 0 bridgehead atoms. The number of carbonyl (C=O) groups excluding carboxylic acids is 1. The van der Waals surface area contributed by atoms with Gasteiger partial charge in [-0.3, -0.25) is 9.78 Å². The Labute approximate surface area is 188 Å². The van der Waals surface area contributed by atoms with Crippen LogP contribution < -0.4 is 0 Å². The van der Waals surface area contributed by atoms with Gasteiger partial charge in [0.2, 0.25) is 0 Å². The lowest BCUT2D eigenvalue weighted by atomic mass is 10.0. The number of halogens is 5. The molecule has 2 aromatic carbocycles. The molecule has 0 saturated carbocycles. The lowest BCUT2D eigenvalue weighted by molar-refractivity contribution is -0.137. The third kappa shape index (κ3) is 3.72. The summed E-state index contributed by atoms with van der Waals surface area (Å²) in [6, 6.07) is 8.08. The fraction of sp³-hybridized carbons (Fsp3) is 0.0909. The Morgan fingerprint density at radius 3 is 2.48 bits per heavy atom. The Kier molecular flexibility index (Phi) is 5.41. The number of aromatic carboxylic acids is 1. The number of carboxylic acids is 1. The van der Waals surface area contributed by atoms with Gasteiger partial charge in [-0.05, 0) is 48.9 Å². The molecule has 0 aliphatic heterocycles. The second-order valence-corrected chi connectivity index (χ2v) is 7.41. The summed E-state index contributed by atoms with van der Waals surface area (Å²) in [5.41, 5.74) is -2.76. The van der Waals surface area contributed by atoms with Crippen LogP contribution in [0.4, 0.5) is 17.6 Å². The summed E-state index contributed by atoms with van der Waals surface area (Å²) in [6.45, 7) is 1.26. The standard InChI is InChI=1S/C22H12ClF4N3O3/c1-10-11(21(32)33)7-8-12(17(10)24)18-19-15(6-3-9-28-19)30(29-18)20(31)16-13(22(25,26)27)4-2-5-14(16)23/h2-9H,1H3,(H,32,33). The summed E-state index contributed by atoms with van der Waals surface area (Å²) in [4.78, 5) is 28.6. The Morgan fingerprint density at radius 1 is 1.09 bits per heavy atom. The van der Waals surface area contributed by atoms with E-state index >= 15 is 4.39 Å². The Balaban J connectivity index is 1.97. The molecule has 0 saturated heterocycles. The van der Waals surface area contributed by atoms with E-state index in [1.807, 2.05) is 0 Å². The largest absolute Gasteiger partial charge is 0.478 e. The molecule has 0 atom stereocenters. The molecular formula is C22H12ClF4N3O3. The lowest BCUT2D eigenvalue weighted by Crippen LogP contribution is -2.20. The highest BCUT2D eigenvalue weighted by Gasteiger charge is 2.37. The van der Waals surface area contributed by atoms with Crippen LogP contribution in [0.3, 0.4) is 0 Å². The van der Waals surface area contributed by atoms with Crippen molar-refractivity contribution in [1.29, 1.82) is 0 Å². The number of fused-ring (bicyclic) bond motifs is 1. The van der Waals surface area contributed by atoms with Gasteiger partial charge in [0.1, 0.15) is 17.0 Å². The van der Waals surface area contributed by atoms with Crippen molar-refractivity contribution >= 4 is 34.5 Å². The van der Waals surface area contributed by atoms with Crippen LogP contribution in [0.25, 0.3) is 22.3 Å². The number of benzene rings is 2. The van der Waals surface area contributed by atoms with Crippen LogP contribution in [0.2, 0.25) is 5.02 Å². The zero-order valence-electron chi connectivity index (χ0n) is 16.6. The number of rotatable bonds is 3. The summed E-state index contributed by atoms with van der Waals surface area (Å²) in [6.07, 6.45) is -3.52. The Bertz CT molecular complexity index is 1450. The van der Waals surface area contributed by atoms with E-state index in [0.717, 1.165) is 24.3 Å². The highest BCUT2D eigenvalue weighted by atomic mass is 35.5.